The molecule has 0 bridgehead atoms. The van der Waals surface area contributed by atoms with E-state index in [0.717, 1.165) is 0 Å². The van der Waals surface area contributed by atoms with Crippen LogP contribution >= 0.6 is 0 Å². The first kappa shape index (κ1) is 16.1. The summed E-state index contributed by atoms with van der Waals surface area (Å²) in [6.07, 6.45) is 5.05. The molecular formula is C16H18N2O6. The summed E-state index contributed by atoms with van der Waals surface area (Å²) in [6.45, 7) is 0.367. The SMILES string of the molecule is O=C(On1c(O)ccc1O)C1CCC(CN2C(=O)C=CC2=O)CC1. The Hall–Kier alpha value is -2.77. The molecule has 3 rings (SSSR count). The zero-order valence-corrected chi connectivity index (χ0v) is 12.9. The van der Waals surface area contributed by atoms with Gasteiger partial charge in [0.2, 0.25) is 11.8 Å². The van der Waals surface area contributed by atoms with E-state index in [9.17, 15) is 24.6 Å². The zero-order valence-electron chi connectivity index (χ0n) is 12.9. The van der Waals surface area contributed by atoms with E-state index in [-0.39, 0.29) is 35.4 Å². The maximum atomic E-state index is 12.1. The Balaban J connectivity index is 1.51. The first-order chi connectivity index (χ1) is 11.5. The third kappa shape index (κ3) is 3.12. The number of carbonyl (C=O) groups is 3. The second-order valence-corrected chi connectivity index (χ2v) is 6.09. The lowest BCUT2D eigenvalue weighted by molar-refractivity contribution is -0.152. The number of aromatic nitrogens is 1. The highest BCUT2D eigenvalue weighted by molar-refractivity contribution is 6.12. The lowest BCUT2D eigenvalue weighted by Gasteiger charge is -2.29. The summed E-state index contributed by atoms with van der Waals surface area (Å²) in [5.74, 6) is -1.99. The minimum absolute atomic E-state index is 0.162. The first-order valence-corrected chi connectivity index (χ1v) is 7.81. The Kier molecular flexibility index (Phi) is 4.28. The van der Waals surface area contributed by atoms with Gasteiger partial charge >= 0.3 is 5.97 Å². The average Bonchev–Trinajstić information content (AvgIpc) is 3.05. The van der Waals surface area contributed by atoms with E-state index in [2.05, 4.69) is 0 Å². The number of amides is 2. The van der Waals surface area contributed by atoms with Gasteiger partial charge in [-0.1, -0.05) is 0 Å². The van der Waals surface area contributed by atoms with Crippen molar-refractivity contribution in [2.24, 2.45) is 11.8 Å². The molecule has 2 heterocycles. The van der Waals surface area contributed by atoms with Gasteiger partial charge in [-0.25, -0.2) is 4.79 Å². The van der Waals surface area contributed by atoms with Crippen molar-refractivity contribution in [3.05, 3.63) is 24.3 Å². The Morgan fingerprint density at radius 1 is 1.04 bits per heavy atom. The Morgan fingerprint density at radius 2 is 1.58 bits per heavy atom. The Morgan fingerprint density at radius 3 is 2.12 bits per heavy atom. The van der Waals surface area contributed by atoms with Crippen molar-refractivity contribution >= 4 is 17.8 Å². The van der Waals surface area contributed by atoms with Crippen molar-refractivity contribution in [3.8, 4) is 11.8 Å². The maximum Gasteiger partial charge on any atom is 0.336 e. The van der Waals surface area contributed by atoms with Gasteiger partial charge in [-0.15, -0.1) is 4.73 Å². The highest BCUT2D eigenvalue weighted by Gasteiger charge is 2.32. The molecule has 0 atom stereocenters. The van der Waals surface area contributed by atoms with Crippen LogP contribution in [-0.2, 0) is 14.4 Å². The second-order valence-electron chi connectivity index (χ2n) is 6.09. The van der Waals surface area contributed by atoms with Gasteiger partial charge < -0.3 is 15.1 Å². The third-order valence-electron chi connectivity index (χ3n) is 4.50. The lowest BCUT2D eigenvalue weighted by Crippen LogP contribution is -2.37. The molecule has 2 aliphatic rings. The van der Waals surface area contributed by atoms with Gasteiger partial charge in [0.25, 0.3) is 11.8 Å². The van der Waals surface area contributed by atoms with Crippen molar-refractivity contribution in [1.82, 2.24) is 9.63 Å². The Bertz CT molecular complexity index is 662. The van der Waals surface area contributed by atoms with E-state index >= 15 is 0 Å². The summed E-state index contributed by atoms with van der Waals surface area (Å²) >= 11 is 0. The number of imide groups is 1. The van der Waals surface area contributed by atoms with Gasteiger partial charge in [0.15, 0.2) is 0 Å². The van der Waals surface area contributed by atoms with E-state index in [1.54, 1.807) is 0 Å². The fraction of sp³-hybridized carbons (Fsp3) is 0.438. The molecule has 8 heteroatoms. The smallest absolute Gasteiger partial charge is 0.336 e. The molecule has 0 spiro atoms. The van der Waals surface area contributed by atoms with Crippen molar-refractivity contribution in [1.29, 1.82) is 0 Å². The number of carbonyl (C=O) groups excluding carboxylic acids is 3. The number of rotatable bonds is 4. The molecule has 1 aromatic heterocycles. The summed E-state index contributed by atoms with van der Waals surface area (Å²) in [4.78, 5) is 41.5. The normalized spacial score (nSPS) is 23.8. The summed E-state index contributed by atoms with van der Waals surface area (Å²) in [5.41, 5.74) is 0. The topological polar surface area (TPSA) is 109 Å². The molecule has 0 saturated heterocycles. The monoisotopic (exact) mass is 334 g/mol. The molecule has 8 nitrogen and oxygen atoms in total. The van der Waals surface area contributed by atoms with Crippen LogP contribution in [0.1, 0.15) is 25.7 Å². The maximum absolute atomic E-state index is 12.1. The number of hydrogen-bond acceptors (Lipinski definition) is 6. The fourth-order valence-electron chi connectivity index (χ4n) is 3.11. The van der Waals surface area contributed by atoms with E-state index in [1.165, 1.54) is 29.2 Å². The van der Waals surface area contributed by atoms with E-state index in [4.69, 9.17) is 4.84 Å². The quantitative estimate of drug-likeness (QED) is 0.780. The molecule has 1 fully saturated rings. The molecular weight excluding hydrogens is 316 g/mol. The van der Waals surface area contributed by atoms with Gasteiger partial charge in [-0.3, -0.25) is 14.5 Å². The standard InChI is InChI=1S/C16H18N2O6/c19-12-5-6-13(20)17(12)9-10-1-3-11(4-2-10)16(23)24-18-14(21)7-8-15(18)22/h5-8,10-11,21-22H,1-4,9H2. The largest absolute Gasteiger partial charge is 0.492 e. The van der Waals surface area contributed by atoms with E-state index < -0.39 is 5.97 Å². The van der Waals surface area contributed by atoms with Crippen LogP contribution in [0.3, 0.4) is 0 Å². The van der Waals surface area contributed by atoms with E-state index in [0.29, 0.717) is 37.0 Å². The number of aromatic hydroxyl groups is 2. The second kappa shape index (κ2) is 6.38. The summed E-state index contributed by atoms with van der Waals surface area (Å²) in [6, 6.07) is 2.44. The number of hydrogen-bond donors (Lipinski definition) is 2. The Labute approximate surface area is 137 Å². The summed E-state index contributed by atoms with van der Waals surface area (Å²) in [7, 11) is 0. The molecule has 0 radical (unpaired) electrons. The van der Waals surface area contributed by atoms with Gasteiger partial charge in [-0.05, 0) is 31.6 Å². The van der Waals surface area contributed by atoms with Crippen molar-refractivity contribution < 1.29 is 29.4 Å². The minimum atomic E-state index is -0.523. The summed E-state index contributed by atoms with van der Waals surface area (Å²) < 4.78 is 0.682. The highest BCUT2D eigenvalue weighted by atomic mass is 16.7. The van der Waals surface area contributed by atoms with Crippen molar-refractivity contribution in [3.63, 3.8) is 0 Å². The lowest BCUT2D eigenvalue weighted by atomic mass is 9.82. The van der Waals surface area contributed by atoms with Crippen LogP contribution in [0.15, 0.2) is 24.3 Å². The molecule has 24 heavy (non-hydrogen) atoms. The van der Waals surface area contributed by atoms with Gasteiger partial charge in [-0.2, -0.15) is 0 Å². The molecule has 1 aliphatic heterocycles. The van der Waals surface area contributed by atoms with Gasteiger partial charge in [0, 0.05) is 30.8 Å². The van der Waals surface area contributed by atoms with Crippen molar-refractivity contribution in [2.75, 3.05) is 6.54 Å². The molecule has 1 saturated carbocycles. The van der Waals surface area contributed by atoms with Crippen molar-refractivity contribution in [2.45, 2.75) is 25.7 Å². The third-order valence-corrected chi connectivity index (χ3v) is 4.50. The van der Waals surface area contributed by atoms with Crippen LogP contribution in [-0.4, -0.2) is 44.2 Å². The predicted molar refractivity (Wildman–Crippen MR) is 80.7 cm³/mol. The molecule has 2 N–H and O–H groups in total. The first-order valence-electron chi connectivity index (χ1n) is 7.81. The predicted octanol–water partition coefficient (Wildman–Crippen LogP) is 0.586. The van der Waals surface area contributed by atoms with Crippen LogP contribution in [0.25, 0.3) is 0 Å². The summed E-state index contributed by atoms with van der Waals surface area (Å²) in [5, 5.41) is 19.0. The van der Waals surface area contributed by atoms with Gasteiger partial charge in [0.05, 0.1) is 5.92 Å². The fourth-order valence-corrected chi connectivity index (χ4v) is 3.11. The zero-order chi connectivity index (χ0) is 17.3. The van der Waals surface area contributed by atoms with Crippen LogP contribution in [0.2, 0.25) is 0 Å². The molecule has 0 unspecified atom stereocenters. The minimum Gasteiger partial charge on any atom is -0.492 e. The molecule has 2 amide bonds. The van der Waals surface area contributed by atoms with Gasteiger partial charge in [0.1, 0.15) is 0 Å². The molecule has 128 valence electrons. The number of nitrogens with zero attached hydrogens (tertiary/aromatic N) is 2. The molecule has 0 aromatic carbocycles. The van der Waals surface area contributed by atoms with Crippen LogP contribution in [0, 0.1) is 11.8 Å². The highest BCUT2D eigenvalue weighted by Crippen LogP contribution is 2.31. The van der Waals surface area contributed by atoms with Crippen LogP contribution in [0.5, 0.6) is 11.8 Å². The molecule has 1 aromatic rings. The van der Waals surface area contributed by atoms with E-state index in [1.807, 2.05) is 0 Å². The molecule has 1 aliphatic carbocycles. The van der Waals surface area contributed by atoms with Crippen LogP contribution < -0.4 is 4.84 Å². The average molecular weight is 334 g/mol. The van der Waals surface area contributed by atoms with Crippen LogP contribution in [0.4, 0.5) is 0 Å².